The van der Waals surface area contributed by atoms with Crippen molar-refractivity contribution in [1.29, 1.82) is 0 Å². The molecule has 0 aliphatic carbocycles. The predicted octanol–water partition coefficient (Wildman–Crippen LogP) is -1.83. The van der Waals surface area contributed by atoms with Gasteiger partial charge < -0.3 is 10.3 Å². The van der Waals surface area contributed by atoms with Gasteiger partial charge in [0.05, 0.1) is 6.04 Å². The van der Waals surface area contributed by atoms with E-state index < -0.39 is 0 Å². The molecule has 0 saturated carbocycles. The van der Waals surface area contributed by atoms with Gasteiger partial charge in [0.1, 0.15) is 6.33 Å². The molecule has 6 heteroatoms. The van der Waals surface area contributed by atoms with Gasteiger partial charge in [0.25, 0.3) is 0 Å². The molecule has 0 fully saturated rings. The van der Waals surface area contributed by atoms with E-state index in [1.807, 2.05) is 37.3 Å². The van der Waals surface area contributed by atoms with Gasteiger partial charge in [0.2, 0.25) is 0 Å². The van der Waals surface area contributed by atoms with E-state index in [1.165, 1.54) is 6.33 Å². The van der Waals surface area contributed by atoms with Crippen LogP contribution in [0.15, 0.2) is 36.7 Å². The number of benzene rings is 1. The van der Waals surface area contributed by atoms with E-state index in [4.69, 9.17) is 0 Å². The molecule has 84 valence electrons. The van der Waals surface area contributed by atoms with E-state index in [2.05, 4.69) is 10.1 Å². The van der Waals surface area contributed by atoms with Crippen LogP contribution in [0.3, 0.4) is 0 Å². The second-order valence-electron chi connectivity index (χ2n) is 3.24. The molecule has 1 heterocycles. The number of nitrogens with zero attached hydrogens (tertiary/aromatic N) is 3. The Labute approximate surface area is 111 Å². The van der Waals surface area contributed by atoms with Gasteiger partial charge in [-0.05, 0) is 12.5 Å². The summed E-state index contributed by atoms with van der Waals surface area (Å²) in [6.07, 6.45) is 3.20. The molecule has 1 aromatic heterocycles. The molecule has 2 aromatic rings. The van der Waals surface area contributed by atoms with Crippen LogP contribution < -0.4 is 18.9 Å². The van der Waals surface area contributed by atoms with Crippen LogP contribution in [-0.4, -0.2) is 26.5 Å². The monoisotopic (exact) mass is 224 g/mol. The third-order valence-corrected chi connectivity index (χ3v) is 2.28. The zero-order chi connectivity index (χ0) is 10.7. The molecular formula is C11H11LiN3O2-. The van der Waals surface area contributed by atoms with Gasteiger partial charge in [0, 0.05) is 5.82 Å². The average Bonchev–Trinajstić information content (AvgIpc) is 2.78. The van der Waals surface area contributed by atoms with Crippen molar-refractivity contribution in [1.82, 2.24) is 14.8 Å². The minimum absolute atomic E-state index is 0. The van der Waals surface area contributed by atoms with E-state index in [0.717, 1.165) is 5.56 Å². The van der Waals surface area contributed by atoms with Crippen molar-refractivity contribution in [3.05, 3.63) is 48.0 Å². The van der Waals surface area contributed by atoms with Crippen molar-refractivity contribution >= 4 is 6.29 Å². The second-order valence-corrected chi connectivity index (χ2v) is 3.24. The van der Waals surface area contributed by atoms with Crippen LogP contribution in [0.1, 0.15) is 24.4 Å². The Bertz CT molecular complexity index is 459. The number of rotatable bonds is 3. The van der Waals surface area contributed by atoms with Crippen molar-refractivity contribution in [2.45, 2.75) is 13.0 Å². The summed E-state index contributed by atoms with van der Waals surface area (Å²) in [6.45, 7) is 2.00. The molecule has 0 bridgehead atoms. The van der Waals surface area contributed by atoms with Crippen LogP contribution in [0.5, 0.6) is 0 Å². The van der Waals surface area contributed by atoms with Gasteiger partial charge in [-0.15, -0.1) is 0 Å². The summed E-state index contributed by atoms with van der Waals surface area (Å²) in [4.78, 5) is 14.1. The Kier molecular flexibility index (Phi) is 6.44. The fraction of sp³-hybridized carbons (Fsp3) is 0.182. The maximum Gasteiger partial charge on any atom is 1.00 e. The first-order valence-electron chi connectivity index (χ1n) is 4.65. The average molecular weight is 224 g/mol. The molecule has 2 rings (SSSR count). The van der Waals surface area contributed by atoms with Crippen molar-refractivity contribution < 1.29 is 29.1 Å². The summed E-state index contributed by atoms with van der Waals surface area (Å²) in [6, 6.07) is 9.99. The van der Waals surface area contributed by atoms with Crippen LogP contribution in [0.4, 0.5) is 0 Å². The first kappa shape index (κ1) is 15.6. The Balaban J connectivity index is 0.00000128. The molecule has 0 spiro atoms. The summed E-state index contributed by atoms with van der Waals surface area (Å²) in [5, 5.41) is 3.99. The molecule has 1 aromatic carbocycles. The van der Waals surface area contributed by atoms with Gasteiger partial charge in [-0.3, -0.25) is 4.98 Å². The molecule has 0 aliphatic heterocycles. The first-order chi connectivity index (χ1) is 7.31. The third-order valence-electron chi connectivity index (χ3n) is 2.28. The molecule has 5 nitrogen and oxygen atoms in total. The maximum atomic E-state index is 10.3. The fourth-order valence-corrected chi connectivity index (χ4v) is 1.39. The molecule has 17 heavy (non-hydrogen) atoms. The van der Waals surface area contributed by atoms with E-state index in [9.17, 15) is 4.79 Å². The van der Waals surface area contributed by atoms with Crippen LogP contribution in [0.25, 0.3) is 0 Å². The van der Waals surface area contributed by atoms with Crippen LogP contribution in [-0.2, 0) is 4.79 Å². The van der Waals surface area contributed by atoms with Crippen molar-refractivity contribution in [2.24, 2.45) is 0 Å². The zero-order valence-electron chi connectivity index (χ0n) is 9.74. The van der Waals surface area contributed by atoms with E-state index >= 15 is 0 Å². The largest absolute Gasteiger partial charge is 1.00 e. The number of hydrogen-bond donors (Lipinski definition) is 0. The summed E-state index contributed by atoms with van der Waals surface area (Å²) >= 11 is 0. The molecule has 0 amide bonds. The van der Waals surface area contributed by atoms with Crippen LogP contribution >= 0.6 is 0 Å². The minimum atomic E-state index is 0. The molecule has 0 aliphatic rings. The molecule has 0 saturated heterocycles. The quantitative estimate of drug-likeness (QED) is 0.454. The van der Waals surface area contributed by atoms with Gasteiger partial charge >= 0.3 is 18.9 Å². The SMILES string of the molecule is CC(c1ccccc1)n1cnc([C-]=O)n1.[Li+].[OH-]. The van der Waals surface area contributed by atoms with E-state index in [-0.39, 0.29) is 36.2 Å². The Hall–Kier alpha value is -1.41. The minimum Gasteiger partial charge on any atom is -0.870 e. The maximum absolute atomic E-state index is 10.3. The number of aromatic nitrogens is 3. The molecular weight excluding hydrogens is 213 g/mol. The van der Waals surface area contributed by atoms with Gasteiger partial charge in [-0.25, -0.2) is 4.68 Å². The smallest absolute Gasteiger partial charge is 0.870 e. The van der Waals surface area contributed by atoms with E-state index in [0.29, 0.717) is 0 Å². The summed E-state index contributed by atoms with van der Waals surface area (Å²) < 4.78 is 1.65. The Morgan fingerprint density at radius 3 is 2.47 bits per heavy atom. The summed E-state index contributed by atoms with van der Waals surface area (Å²) in [7, 11) is 0. The van der Waals surface area contributed by atoms with Gasteiger partial charge in [0.15, 0.2) is 0 Å². The molecule has 1 unspecified atom stereocenters. The normalized spacial score (nSPS) is 10.9. The van der Waals surface area contributed by atoms with Gasteiger partial charge in [-0.1, -0.05) is 30.3 Å². The first-order valence-corrected chi connectivity index (χ1v) is 4.65. The van der Waals surface area contributed by atoms with Gasteiger partial charge in [-0.2, -0.15) is 11.4 Å². The molecule has 1 N–H and O–H groups in total. The molecule has 0 radical (unpaired) electrons. The topological polar surface area (TPSA) is 77.8 Å². The van der Waals surface area contributed by atoms with Crippen LogP contribution in [0, 0.1) is 0 Å². The zero-order valence-corrected chi connectivity index (χ0v) is 9.74. The van der Waals surface area contributed by atoms with Crippen LogP contribution in [0.2, 0.25) is 0 Å². The van der Waals surface area contributed by atoms with Crippen molar-refractivity contribution in [3.63, 3.8) is 0 Å². The number of hydrogen-bond acceptors (Lipinski definition) is 4. The van der Waals surface area contributed by atoms with Crippen molar-refractivity contribution in [3.8, 4) is 0 Å². The Morgan fingerprint density at radius 2 is 1.94 bits per heavy atom. The summed E-state index contributed by atoms with van der Waals surface area (Å²) in [5.41, 5.74) is 1.12. The Morgan fingerprint density at radius 1 is 1.29 bits per heavy atom. The number of carbonyl (C=O) groups excluding carboxylic acids is 1. The summed E-state index contributed by atoms with van der Waals surface area (Å²) in [5.74, 6) is 0.0952. The predicted molar refractivity (Wildman–Crippen MR) is 57.0 cm³/mol. The third kappa shape index (κ3) is 3.53. The molecule has 1 atom stereocenters. The fourth-order valence-electron chi connectivity index (χ4n) is 1.39. The second kappa shape index (κ2) is 7.02. The standard InChI is InChI=1S/C11H10N3O.Li.H2O/c1-9(10-5-3-2-4-6-10)14-8-12-11(7-15)13-14;;/h2-6,8-9H,1H3;;1H2/q-1;+1;/p-1. The van der Waals surface area contributed by atoms with E-state index in [1.54, 1.807) is 11.0 Å². The van der Waals surface area contributed by atoms with Crippen molar-refractivity contribution in [2.75, 3.05) is 0 Å².